The van der Waals surface area contributed by atoms with Crippen LogP contribution in [0.15, 0.2) is 12.7 Å². The van der Waals surface area contributed by atoms with Crippen LogP contribution in [0.25, 0.3) is 0 Å². The molecule has 58 valence electrons. The van der Waals surface area contributed by atoms with E-state index in [0.29, 0.717) is 0 Å². The van der Waals surface area contributed by atoms with E-state index in [1.165, 1.54) is 6.08 Å². The van der Waals surface area contributed by atoms with Crippen molar-refractivity contribution in [2.75, 3.05) is 6.61 Å². The Morgan fingerprint density at radius 2 is 2.30 bits per heavy atom. The van der Waals surface area contributed by atoms with E-state index in [-0.39, 0.29) is 12.6 Å². The summed E-state index contributed by atoms with van der Waals surface area (Å²) in [5, 5.41) is 0. The van der Waals surface area contributed by atoms with Gasteiger partial charge in [-0.15, -0.1) is 0 Å². The number of hydrogen-bond acceptors (Lipinski definition) is 2. The van der Waals surface area contributed by atoms with Crippen LogP contribution in [-0.2, 0) is 9.53 Å². The lowest BCUT2D eigenvalue weighted by atomic mass is 10.1. The first-order valence-electron chi connectivity index (χ1n) is 3.12. The van der Waals surface area contributed by atoms with Crippen LogP contribution in [0.2, 0.25) is 0 Å². The van der Waals surface area contributed by atoms with Crippen LogP contribution in [0, 0.1) is 0 Å². The van der Waals surface area contributed by atoms with Gasteiger partial charge < -0.3 is 10.5 Å². The standard InChI is InChI=1S/C7H13NO2/c1-4-5-10-6(9)7(2,3)8/h4H,1,5,8H2,2-3H3/p+1. The highest BCUT2D eigenvalue weighted by molar-refractivity contribution is 5.77. The monoisotopic (exact) mass is 144 g/mol. The lowest BCUT2D eigenvalue weighted by Crippen LogP contribution is -2.73. The number of esters is 1. The van der Waals surface area contributed by atoms with Crippen LogP contribution < -0.4 is 5.73 Å². The lowest BCUT2D eigenvalue weighted by molar-refractivity contribution is -0.450. The Bertz CT molecular complexity index is 135. The van der Waals surface area contributed by atoms with Gasteiger partial charge in [0.15, 0.2) is 5.54 Å². The van der Waals surface area contributed by atoms with Crippen molar-refractivity contribution in [2.24, 2.45) is 0 Å². The molecular weight excluding hydrogens is 130 g/mol. The molecule has 0 atom stereocenters. The van der Waals surface area contributed by atoms with Crippen molar-refractivity contribution in [3.05, 3.63) is 12.7 Å². The van der Waals surface area contributed by atoms with Crippen LogP contribution in [-0.4, -0.2) is 18.1 Å². The molecule has 0 aromatic carbocycles. The van der Waals surface area contributed by atoms with Gasteiger partial charge in [0.2, 0.25) is 0 Å². The van der Waals surface area contributed by atoms with E-state index < -0.39 is 5.54 Å². The van der Waals surface area contributed by atoms with Gasteiger partial charge in [-0.05, 0) is 0 Å². The molecule has 3 N–H and O–H groups in total. The number of hydrogen-bond donors (Lipinski definition) is 1. The third-order valence-electron chi connectivity index (χ3n) is 0.885. The molecule has 10 heavy (non-hydrogen) atoms. The van der Waals surface area contributed by atoms with Gasteiger partial charge >= 0.3 is 5.97 Å². The molecule has 0 aliphatic carbocycles. The second kappa shape index (κ2) is 3.37. The number of ether oxygens (including phenoxy) is 1. The maximum absolute atomic E-state index is 10.9. The van der Waals surface area contributed by atoms with Gasteiger partial charge in [0.05, 0.1) is 0 Å². The first-order valence-corrected chi connectivity index (χ1v) is 3.12. The van der Waals surface area contributed by atoms with Gasteiger partial charge in [-0.3, -0.25) is 0 Å². The van der Waals surface area contributed by atoms with Crippen molar-refractivity contribution in [1.82, 2.24) is 0 Å². The average molecular weight is 144 g/mol. The van der Waals surface area contributed by atoms with Gasteiger partial charge in [-0.25, -0.2) is 4.79 Å². The Balaban J connectivity index is 3.74. The Kier molecular flexibility index (Phi) is 3.09. The molecule has 0 aliphatic heterocycles. The summed E-state index contributed by atoms with van der Waals surface area (Å²) in [5.74, 6) is -0.299. The summed E-state index contributed by atoms with van der Waals surface area (Å²) in [4.78, 5) is 10.9. The minimum Gasteiger partial charge on any atom is -0.457 e. The minimum atomic E-state index is -0.650. The van der Waals surface area contributed by atoms with Crippen molar-refractivity contribution in [3.63, 3.8) is 0 Å². The smallest absolute Gasteiger partial charge is 0.367 e. The van der Waals surface area contributed by atoms with E-state index >= 15 is 0 Å². The van der Waals surface area contributed by atoms with Crippen LogP contribution >= 0.6 is 0 Å². The molecule has 0 aliphatic rings. The predicted octanol–water partition coefficient (Wildman–Crippen LogP) is -0.264. The largest absolute Gasteiger partial charge is 0.457 e. The third kappa shape index (κ3) is 3.25. The zero-order chi connectivity index (χ0) is 8.20. The van der Waals surface area contributed by atoms with E-state index in [2.05, 4.69) is 12.3 Å². The Morgan fingerprint density at radius 1 is 1.80 bits per heavy atom. The normalized spacial score (nSPS) is 10.7. The molecule has 0 rings (SSSR count). The summed E-state index contributed by atoms with van der Waals surface area (Å²) >= 11 is 0. The van der Waals surface area contributed by atoms with Crippen LogP contribution in [0.3, 0.4) is 0 Å². The second-order valence-corrected chi connectivity index (χ2v) is 2.77. The maximum atomic E-state index is 10.9. The molecule has 0 spiro atoms. The summed E-state index contributed by atoms with van der Waals surface area (Å²) in [5.41, 5.74) is 2.96. The van der Waals surface area contributed by atoms with Crippen molar-refractivity contribution in [2.45, 2.75) is 19.4 Å². The van der Waals surface area contributed by atoms with Gasteiger partial charge in [0, 0.05) is 13.8 Å². The van der Waals surface area contributed by atoms with E-state index in [4.69, 9.17) is 4.74 Å². The molecule has 0 saturated carbocycles. The molecule has 0 heterocycles. The maximum Gasteiger partial charge on any atom is 0.367 e. The van der Waals surface area contributed by atoms with E-state index in [1.54, 1.807) is 13.8 Å². The molecule has 0 amide bonds. The summed E-state index contributed by atoms with van der Waals surface area (Å²) < 4.78 is 4.74. The zero-order valence-electron chi connectivity index (χ0n) is 6.52. The fraction of sp³-hybridized carbons (Fsp3) is 0.571. The van der Waals surface area contributed by atoms with Gasteiger partial charge in [0.25, 0.3) is 0 Å². The van der Waals surface area contributed by atoms with E-state index in [1.807, 2.05) is 0 Å². The molecular formula is C7H14NO2+. The summed E-state index contributed by atoms with van der Waals surface area (Å²) in [6.45, 7) is 7.09. The highest BCUT2D eigenvalue weighted by atomic mass is 16.5. The molecule has 0 unspecified atom stereocenters. The predicted molar refractivity (Wildman–Crippen MR) is 38.1 cm³/mol. The first kappa shape index (κ1) is 9.17. The molecule has 0 aromatic heterocycles. The molecule has 3 heteroatoms. The fourth-order valence-corrected chi connectivity index (χ4v) is 0.330. The Morgan fingerprint density at radius 3 is 2.60 bits per heavy atom. The molecule has 0 radical (unpaired) electrons. The van der Waals surface area contributed by atoms with Gasteiger partial charge in [0.1, 0.15) is 6.61 Å². The number of carbonyl (C=O) groups excluding carboxylic acids is 1. The highest BCUT2D eigenvalue weighted by Gasteiger charge is 2.27. The van der Waals surface area contributed by atoms with Crippen LogP contribution in [0.1, 0.15) is 13.8 Å². The van der Waals surface area contributed by atoms with Gasteiger partial charge in [-0.1, -0.05) is 12.7 Å². The highest BCUT2D eigenvalue weighted by Crippen LogP contribution is 1.96. The van der Waals surface area contributed by atoms with Crippen LogP contribution in [0.4, 0.5) is 0 Å². The first-order chi connectivity index (χ1) is 4.48. The molecule has 0 fully saturated rings. The third-order valence-corrected chi connectivity index (χ3v) is 0.885. The lowest BCUT2D eigenvalue weighted by Gasteiger charge is -2.11. The quantitative estimate of drug-likeness (QED) is 0.438. The SMILES string of the molecule is C=CCOC(=O)C(C)(C)[NH3+]. The Hall–Kier alpha value is -0.830. The Labute approximate surface area is 60.9 Å². The molecule has 0 bridgehead atoms. The van der Waals surface area contributed by atoms with Gasteiger partial charge in [-0.2, -0.15) is 0 Å². The molecule has 3 nitrogen and oxygen atoms in total. The number of quaternary nitrogens is 1. The van der Waals surface area contributed by atoms with Crippen molar-refractivity contribution >= 4 is 5.97 Å². The van der Waals surface area contributed by atoms with Crippen LogP contribution in [0.5, 0.6) is 0 Å². The van der Waals surface area contributed by atoms with E-state index in [0.717, 1.165) is 0 Å². The van der Waals surface area contributed by atoms with E-state index in [9.17, 15) is 4.79 Å². The summed E-state index contributed by atoms with van der Waals surface area (Å²) in [7, 11) is 0. The summed E-state index contributed by atoms with van der Waals surface area (Å²) in [6.07, 6.45) is 1.53. The molecule has 0 saturated heterocycles. The van der Waals surface area contributed by atoms with Crippen molar-refractivity contribution in [1.29, 1.82) is 0 Å². The van der Waals surface area contributed by atoms with Crippen molar-refractivity contribution in [3.8, 4) is 0 Å². The average Bonchev–Trinajstić information content (AvgIpc) is 1.80. The minimum absolute atomic E-state index is 0.262. The molecule has 0 aromatic rings. The topological polar surface area (TPSA) is 53.9 Å². The second-order valence-electron chi connectivity index (χ2n) is 2.77. The zero-order valence-corrected chi connectivity index (χ0v) is 6.52. The van der Waals surface area contributed by atoms with Crippen molar-refractivity contribution < 1.29 is 15.3 Å². The fourth-order valence-electron chi connectivity index (χ4n) is 0.330. The number of carbonyl (C=O) groups is 1. The summed E-state index contributed by atoms with van der Waals surface area (Å²) in [6, 6.07) is 0. The number of rotatable bonds is 3.